The van der Waals surface area contributed by atoms with Crippen LogP contribution in [0.5, 0.6) is 0 Å². The monoisotopic (exact) mass is 387 g/mol. The summed E-state index contributed by atoms with van der Waals surface area (Å²) < 4.78 is 0. The van der Waals surface area contributed by atoms with E-state index >= 15 is 0 Å². The summed E-state index contributed by atoms with van der Waals surface area (Å²) in [6, 6.07) is 19.1. The van der Waals surface area contributed by atoms with Crippen molar-refractivity contribution in [2.75, 3.05) is 11.9 Å². The van der Waals surface area contributed by atoms with Crippen LogP contribution in [-0.4, -0.2) is 28.2 Å². The number of nitrogens with zero attached hydrogens (tertiary/aromatic N) is 2. The van der Waals surface area contributed by atoms with Gasteiger partial charge in [-0.3, -0.25) is 14.6 Å². The highest BCUT2D eigenvalue weighted by Crippen LogP contribution is 2.14. The molecule has 0 aliphatic rings. The van der Waals surface area contributed by atoms with E-state index in [1.807, 2.05) is 61.5 Å². The van der Waals surface area contributed by atoms with Crippen molar-refractivity contribution in [3.8, 4) is 0 Å². The Balaban J connectivity index is 1.73. The van der Waals surface area contributed by atoms with Crippen molar-refractivity contribution in [1.29, 1.82) is 0 Å². The second kappa shape index (κ2) is 9.64. The van der Waals surface area contributed by atoms with E-state index in [0.29, 0.717) is 29.9 Å². The first-order valence-electron chi connectivity index (χ1n) is 9.79. The fraction of sp³-hybridized carbons (Fsp3) is 0.208. The van der Waals surface area contributed by atoms with Crippen LogP contribution in [0.15, 0.2) is 73.1 Å². The first-order chi connectivity index (χ1) is 14.1. The van der Waals surface area contributed by atoms with Crippen molar-refractivity contribution in [3.05, 3.63) is 95.3 Å². The number of aryl methyl sites for hydroxylation is 1. The molecule has 0 bridgehead atoms. The number of hydrogen-bond donors (Lipinski definition) is 1. The van der Waals surface area contributed by atoms with Crippen LogP contribution in [0.2, 0.25) is 0 Å². The van der Waals surface area contributed by atoms with Crippen molar-refractivity contribution in [3.63, 3.8) is 0 Å². The molecule has 29 heavy (non-hydrogen) atoms. The molecule has 2 aromatic carbocycles. The minimum atomic E-state index is -0.289. The maximum atomic E-state index is 12.9. The average Bonchev–Trinajstić information content (AvgIpc) is 2.78. The number of aromatic nitrogens is 1. The molecule has 5 nitrogen and oxygen atoms in total. The van der Waals surface area contributed by atoms with E-state index in [1.165, 1.54) is 18.0 Å². The number of rotatable bonds is 7. The van der Waals surface area contributed by atoms with E-state index in [0.717, 1.165) is 12.0 Å². The van der Waals surface area contributed by atoms with Crippen LogP contribution >= 0.6 is 0 Å². The van der Waals surface area contributed by atoms with E-state index in [1.54, 1.807) is 11.0 Å². The molecule has 0 aliphatic carbocycles. The predicted molar refractivity (Wildman–Crippen MR) is 115 cm³/mol. The summed E-state index contributed by atoms with van der Waals surface area (Å²) in [5, 5.41) is 2.85. The van der Waals surface area contributed by atoms with Gasteiger partial charge in [0.2, 0.25) is 0 Å². The number of hydrogen-bond acceptors (Lipinski definition) is 3. The van der Waals surface area contributed by atoms with Crippen LogP contribution in [0.1, 0.15) is 45.7 Å². The zero-order valence-electron chi connectivity index (χ0n) is 16.8. The molecule has 0 spiro atoms. The molecule has 0 atom stereocenters. The van der Waals surface area contributed by atoms with Gasteiger partial charge in [-0.15, -0.1) is 0 Å². The molecule has 0 aliphatic heterocycles. The second-order valence-corrected chi connectivity index (χ2v) is 6.77. The van der Waals surface area contributed by atoms with Crippen molar-refractivity contribution >= 4 is 17.5 Å². The highest BCUT2D eigenvalue weighted by atomic mass is 16.2. The van der Waals surface area contributed by atoms with E-state index in [9.17, 15) is 9.59 Å². The molecule has 3 rings (SSSR count). The number of nitrogens with one attached hydrogen (secondary N) is 1. The van der Waals surface area contributed by atoms with E-state index < -0.39 is 0 Å². The lowest BCUT2D eigenvalue weighted by Gasteiger charge is -2.21. The summed E-state index contributed by atoms with van der Waals surface area (Å²) in [4.78, 5) is 31.4. The van der Waals surface area contributed by atoms with Gasteiger partial charge in [-0.05, 0) is 42.7 Å². The molecule has 148 valence electrons. The topological polar surface area (TPSA) is 62.3 Å². The Kier molecular flexibility index (Phi) is 6.74. The summed E-state index contributed by atoms with van der Waals surface area (Å²) in [7, 11) is 0. The lowest BCUT2D eigenvalue weighted by atomic mass is 10.1. The van der Waals surface area contributed by atoms with Crippen LogP contribution in [0.3, 0.4) is 0 Å². The Morgan fingerprint density at radius 1 is 0.897 bits per heavy atom. The summed E-state index contributed by atoms with van der Waals surface area (Å²) in [5.41, 5.74) is 3.72. The second-order valence-electron chi connectivity index (χ2n) is 6.77. The number of carbonyl (C=O) groups is 2. The van der Waals surface area contributed by atoms with Gasteiger partial charge in [0, 0.05) is 31.2 Å². The van der Waals surface area contributed by atoms with E-state index in [4.69, 9.17) is 0 Å². The molecule has 2 amide bonds. The van der Waals surface area contributed by atoms with Crippen molar-refractivity contribution < 1.29 is 9.59 Å². The van der Waals surface area contributed by atoms with Gasteiger partial charge in [0.05, 0.1) is 11.1 Å². The largest absolute Gasteiger partial charge is 0.335 e. The summed E-state index contributed by atoms with van der Waals surface area (Å²) in [5.74, 6) is -0.437. The fourth-order valence-corrected chi connectivity index (χ4v) is 3.02. The molecule has 1 aromatic heterocycles. The average molecular weight is 387 g/mol. The molecule has 1 N–H and O–H groups in total. The van der Waals surface area contributed by atoms with E-state index in [2.05, 4.69) is 17.2 Å². The van der Waals surface area contributed by atoms with Crippen LogP contribution in [0, 0.1) is 0 Å². The molecule has 0 saturated carbocycles. The smallest absolute Gasteiger partial charge is 0.257 e. The Hall–Kier alpha value is -3.47. The minimum absolute atomic E-state index is 0.147. The SMILES string of the molecule is CCc1ccc(NC(=O)c2cncc(C(=O)N(CC)Cc3ccccc3)c2)cc1. The number of pyridine rings is 1. The maximum absolute atomic E-state index is 12.9. The molecule has 0 radical (unpaired) electrons. The fourth-order valence-electron chi connectivity index (χ4n) is 3.02. The lowest BCUT2D eigenvalue weighted by Crippen LogP contribution is -2.30. The summed E-state index contributed by atoms with van der Waals surface area (Å²) in [6.07, 6.45) is 3.92. The van der Waals surface area contributed by atoms with Gasteiger partial charge < -0.3 is 10.2 Å². The third-order valence-corrected chi connectivity index (χ3v) is 4.75. The first kappa shape index (κ1) is 20.3. The molecule has 5 heteroatoms. The van der Waals surface area contributed by atoms with Gasteiger partial charge in [-0.2, -0.15) is 0 Å². The van der Waals surface area contributed by atoms with Gasteiger partial charge in [0.25, 0.3) is 11.8 Å². The zero-order chi connectivity index (χ0) is 20.6. The number of anilines is 1. The Bertz CT molecular complexity index is 969. The van der Waals surface area contributed by atoms with Gasteiger partial charge >= 0.3 is 0 Å². The van der Waals surface area contributed by atoms with Crippen molar-refractivity contribution in [1.82, 2.24) is 9.88 Å². The van der Waals surface area contributed by atoms with Gasteiger partial charge in [0.1, 0.15) is 0 Å². The first-order valence-corrected chi connectivity index (χ1v) is 9.79. The van der Waals surface area contributed by atoms with Crippen LogP contribution in [0.25, 0.3) is 0 Å². The third-order valence-electron chi connectivity index (χ3n) is 4.75. The van der Waals surface area contributed by atoms with Crippen LogP contribution in [0.4, 0.5) is 5.69 Å². The molecular weight excluding hydrogens is 362 g/mol. The van der Waals surface area contributed by atoms with Gasteiger partial charge in [-0.1, -0.05) is 49.4 Å². The standard InChI is InChI=1S/C24H25N3O2/c1-3-18-10-12-22(13-11-18)26-23(28)20-14-21(16-25-15-20)24(29)27(4-2)17-19-8-6-5-7-9-19/h5-16H,3-4,17H2,1-2H3,(H,26,28). The summed E-state index contributed by atoms with van der Waals surface area (Å²) >= 11 is 0. The van der Waals surface area contributed by atoms with Crippen molar-refractivity contribution in [2.24, 2.45) is 0 Å². The van der Waals surface area contributed by atoms with Crippen LogP contribution < -0.4 is 5.32 Å². The quantitative estimate of drug-likeness (QED) is 0.646. The molecular formula is C24H25N3O2. The molecule has 0 unspecified atom stereocenters. The highest BCUT2D eigenvalue weighted by molar-refractivity contribution is 6.05. The zero-order valence-corrected chi connectivity index (χ0v) is 16.8. The molecule has 3 aromatic rings. The Labute approximate surface area is 171 Å². The van der Waals surface area contributed by atoms with Crippen LogP contribution in [-0.2, 0) is 13.0 Å². The lowest BCUT2D eigenvalue weighted by molar-refractivity contribution is 0.0752. The molecule has 0 fully saturated rings. The minimum Gasteiger partial charge on any atom is -0.335 e. The normalized spacial score (nSPS) is 10.4. The predicted octanol–water partition coefficient (Wildman–Crippen LogP) is 4.56. The van der Waals surface area contributed by atoms with Crippen molar-refractivity contribution in [2.45, 2.75) is 26.8 Å². The number of carbonyl (C=O) groups excluding carboxylic acids is 2. The Morgan fingerprint density at radius 3 is 2.24 bits per heavy atom. The number of amides is 2. The highest BCUT2D eigenvalue weighted by Gasteiger charge is 2.17. The summed E-state index contributed by atoms with van der Waals surface area (Å²) in [6.45, 7) is 5.09. The van der Waals surface area contributed by atoms with Gasteiger partial charge in [0.15, 0.2) is 0 Å². The van der Waals surface area contributed by atoms with E-state index in [-0.39, 0.29) is 11.8 Å². The number of benzene rings is 2. The molecule has 0 saturated heterocycles. The Morgan fingerprint density at radius 2 is 1.59 bits per heavy atom. The maximum Gasteiger partial charge on any atom is 0.257 e. The van der Waals surface area contributed by atoms with Gasteiger partial charge in [-0.25, -0.2) is 0 Å². The molecule has 1 heterocycles. The third kappa shape index (κ3) is 5.29.